The number of methoxy groups -OCH3 is 1. The van der Waals surface area contributed by atoms with Crippen molar-refractivity contribution in [3.63, 3.8) is 0 Å². The van der Waals surface area contributed by atoms with Gasteiger partial charge in [-0.15, -0.1) is 0 Å². The summed E-state index contributed by atoms with van der Waals surface area (Å²) >= 11 is 1.44. The van der Waals surface area contributed by atoms with Crippen molar-refractivity contribution in [1.82, 2.24) is 4.57 Å². The molecule has 220 valence electrons. The molecule has 5 aromatic carbocycles. The summed E-state index contributed by atoms with van der Waals surface area (Å²) < 4.78 is 14.1. The third kappa shape index (κ3) is 4.97. The number of aryl methyl sites for hydroxylation is 1. The zero-order chi connectivity index (χ0) is 30.3. The summed E-state index contributed by atoms with van der Waals surface area (Å²) in [5.41, 5.74) is 7.76. The monoisotopic (exact) mass is 606 g/mol. The van der Waals surface area contributed by atoms with Crippen LogP contribution in [0.4, 0.5) is 0 Å². The third-order valence-corrected chi connectivity index (χ3v) is 9.74. The molecule has 0 saturated heterocycles. The second-order valence-corrected chi connectivity index (χ2v) is 12.4. The minimum absolute atomic E-state index is 0.0266. The molecule has 1 aromatic heterocycles. The summed E-state index contributed by atoms with van der Waals surface area (Å²) in [5.74, 6) is 1.58. The minimum atomic E-state index is -0.220. The highest BCUT2D eigenvalue weighted by atomic mass is 32.1. The van der Waals surface area contributed by atoms with Crippen LogP contribution in [0.5, 0.6) is 11.5 Å². The summed E-state index contributed by atoms with van der Waals surface area (Å²) in [6.45, 7) is 0.485. The quantitative estimate of drug-likeness (QED) is 0.204. The first-order valence-electron chi connectivity index (χ1n) is 15.1. The Morgan fingerprint density at radius 1 is 0.844 bits per heavy atom. The Bertz CT molecular complexity index is 2270. The van der Waals surface area contributed by atoms with Crippen LogP contribution in [-0.2, 0) is 13.0 Å². The topological polar surface area (TPSA) is 52.8 Å². The van der Waals surface area contributed by atoms with E-state index >= 15 is 0 Å². The van der Waals surface area contributed by atoms with E-state index in [-0.39, 0.29) is 11.6 Å². The van der Waals surface area contributed by atoms with Gasteiger partial charge in [-0.3, -0.25) is 9.36 Å². The molecule has 8 rings (SSSR count). The van der Waals surface area contributed by atoms with E-state index in [1.807, 2.05) is 47.0 Å². The lowest BCUT2D eigenvalue weighted by Gasteiger charge is -2.30. The first-order valence-corrected chi connectivity index (χ1v) is 15.9. The number of hydrogen-bond donors (Lipinski definition) is 0. The van der Waals surface area contributed by atoms with E-state index in [2.05, 4.69) is 78.9 Å². The van der Waals surface area contributed by atoms with Gasteiger partial charge in [0.15, 0.2) is 4.80 Å². The largest absolute Gasteiger partial charge is 0.497 e. The van der Waals surface area contributed by atoms with Crippen LogP contribution < -0.4 is 24.4 Å². The highest BCUT2D eigenvalue weighted by Crippen LogP contribution is 2.41. The number of hydrogen-bond acceptors (Lipinski definition) is 5. The Morgan fingerprint density at radius 2 is 1.60 bits per heavy atom. The van der Waals surface area contributed by atoms with Gasteiger partial charge < -0.3 is 9.47 Å². The second kappa shape index (κ2) is 11.4. The molecule has 2 aliphatic rings. The average molecular weight is 607 g/mol. The van der Waals surface area contributed by atoms with Gasteiger partial charge in [-0.2, -0.15) is 0 Å². The lowest BCUT2D eigenvalue weighted by molar-refractivity contribution is 0.307. The molecule has 0 fully saturated rings. The van der Waals surface area contributed by atoms with Crippen molar-refractivity contribution in [2.24, 2.45) is 4.99 Å². The standard InChI is InChI=1S/C39H30N2O3S/c1-43-30-20-15-28(16-21-30)37-34-22-17-27-8-3-5-12-33(27)36(34)40-39-41(37)38(42)35(45-39)23-25-13-18-31(19-14-25)44-24-29-10-6-9-26-7-2-4-11-32(26)29/h2-16,18-21,23,37H,17,22,24H2,1H3/b35-23+/t37-/m0/s1. The fourth-order valence-corrected chi connectivity index (χ4v) is 7.50. The van der Waals surface area contributed by atoms with Crippen LogP contribution >= 0.6 is 11.3 Å². The van der Waals surface area contributed by atoms with Crippen LogP contribution in [0.3, 0.4) is 0 Å². The summed E-state index contributed by atoms with van der Waals surface area (Å²) in [7, 11) is 1.67. The highest BCUT2D eigenvalue weighted by molar-refractivity contribution is 7.07. The van der Waals surface area contributed by atoms with Crippen LogP contribution in [0, 0.1) is 0 Å². The van der Waals surface area contributed by atoms with Crippen molar-refractivity contribution in [1.29, 1.82) is 0 Å². The molecule has 2 heterocycles. The van der Waals surface area contributed by atoms with Crippen molar-refractivity contribution in [2.45, 2.75) is 25.5 Å². The molecule has 5 nitrogen and oxygen atoms in total. The predicted molar refractivity (Wildman–Crippen MR) is 180 cm³/mol. The summed E-state index contributed by atoms with van der Waals surface area (Å²) in [6, 6.07) is 38.9. The van der Waals surface area contributed by atoms with Gasteiger partial charge in [-0.05, 0) is 81.8 Å². The SMILES string of the molecule is COc1ccc([C@H]2C3=C(N=c4s/c(=C/c5ccc(OCc6cccc7ccccc67)cc5)c(=O)n42)c2ccccc2CC3)cc1. The average Bonchev–Trinajstić information content (AvgIpc) is 3.40. The Balaban J connectivity index is 1.15. The van der Waals surface area contributed by atoms with Crippen molar-refractivity contribution < 1.29 is 9.47 Å². The number of rotatable bonds is 6. The van der Waals surface area contributed by atoms with Gasteiger partial charge in [-0.25, -0.2) is 4.99 Å². The molecule has 0 spiro atoms. The second-order valence-electron chi connectivity index (χ2n) is 11.4. The fourth-order valence-electron chi connectivity index (χ4n) is 6.50. The number of ether oxygens (including phenoxy) is 2. The van der Waals surface area contributed by atoms with E-state index in [0.717, 1.165) is 57.1 Å². The van der Waals surface area contributed by atoms with Crippen molar-refractivity contribution in [3.8, 4) is 11.5 Å². The molecule has 0 bridgehead atoms. The predicted octanol–water partition coefficient (Wildman–Crippen LogP) is 7.06. The van der Waals surface area contributed by atoms with Crippen LogP contribution in [0.1, 0.15) is 40.3 Å². The molecule has 1 aliphatic heterocycles. The zero-order valence-electron chi connectivity index (χ0n) is 24.8. The van der Waals surface area contributed by atoms with Crippen molar-refractivity contribution in [3.05, 3.63) is 168 Å². The summed E-state index contributed by atoms with van der Waals surface area (Å²) in [6.07, 6.45) is 3.74. The van der Waals surface area contributed by atoms with Gasteiger partial charge in [-0.1, -0.05) is 102 Å². The van der Waals surface area contributed by atoms with E-state index in [0.29, 0.717) is 11.1 Å². The maximum atomic E-state index is 14.1. The molecule has 6 aromatic rings. The molecule has 0 radical (unpaired) electrons. The Morgan fingerprint density at radius 3 is 2.44 bits per heavy atom. The molecule has 0 amide bonds. The number of nitrogens with zero attached hydrogens (tertiary/aromatic N) is 2. The molecule has 0 saturated carbocycles. The van der Waals surface area contributed by atoms with Crippen LogP contribution in [-0.4, -0.2) is 11.7 Å². The first-order chi connectivity index (χ1) is 22.2. The highest BCUT2D eigenvalue weighted by Gasteiger charge is 2.32. The zero-order valence-corrected chi connectivity index (χ0v) is 25.6. The van der Waals surface area contributed by atoms with Gasteiger partial charge in [0, 0.05) is 5.56 Å². The number of fused-ring (bicyclic) bond motifs is 4. The van der Waals surface area contributed by atoms with Crippen molar-refractivity contribution >= 4 is 33.9 Å². The van der Waals surface area contributed by atoms with Crippen LogP contribution in [0.25, 0.3) is 22.5 Å². The molecular formula is C39H30N2O3S. The fraction of sp³-hybridized carbons (Fsp3) is 0.128. The van der Waals surface area contributed by atoms with Crippen LogP contribution in [0.15, 0.2) is 131 Å². The van der Waals surface area contributed by atoms with Gasteiger partial charge in [0.25, 0.3) is 5.56 Å². The van der Waals surface area contributed by atoms with Crippen LogP contribution in [0.2, 0.25) is 0 Å². The normalized spacial score (nSPS) is 15.7. The van der Waals surface area contributed by atoms with E-state index < -0.39 is 0 Å². The smallest absolute Gasteiger partial charge is 0.271 e. The number of aromatic nitrogens is 1. The van der Waals surface area contributed by atoms with Gasteiger partial charge >= 0.3 is 0 Å². The first kappa shape index (κ1) is 27.4. The third-order valence-electron chi connectivity index (χ3n) is 8.76. The molecule has 6 heteroatoms. The lowest BCUT2D eigenvalue weighted by Crippen LogP contribution is -2.38. The van der Waals surface area contributed by atoms with E-state index in [1.54, 1.807) is 7.11 Å². The summed E-state index contributed by atoms with van der Waals surface area (Å²) in [4.78, 5) is 19.9. The number of benzene rings is 5. The Hall–Kier alpha value is -5.20. The molecule has 45 heavy (non-hydrogen) atoms. The van der Waals surface area contributed by atoms with Gasteiger partial charge in [0.1, 0.15) is 18.1 Å². The molecular weight excluding hydrogens is 577 g/mol. The molecule has 0 N–H and O–H groups in total. The molecule has 1 atom stereocenters. The maximum Gasteiger partial charge on any atom is 0.271 e. The van der Waals surface area contributed by atoms with Gasteiger partial charge in [0.2, 0.25) is 0 Å². The Kier molecular flexibility index (Phi) is 6.92. The van der Waals surface area contributed by atoms with E-state index in [4.69, 9.17) is 14.5 Å². The molecule has 0 unspecified atom stereocenters. The van der Waals surface area contributed by atoms with Gasteiger partial charge in [0.05, 0.1) is 23.4 Å². The Labute approximate surface area is 264 Å². The van der Waals surface area contributed by atoms with Crippen molar-refractivity contribution in [2.75, 3.05) is 7.11 Å². The number of thiazole rings is 1. The van der Waals surface area contributed by atoms with E-state index in [9.17, 15) is 4.79 Å². The summed E-state index contributed by atoms with van der Waals surface area (Å²) in [5, 5.41) is 2.40. The van der Waals surface area contributed by atoms with E-state index in [1.165, 1.54) is 33.2 Å². The maximum absolute atomic E-state index is 14.1. The number of allylic oxidation sites excluding steroid dienone is 1. The molecule has 1 aliphatic carbocycles. The minimum Gasteiger partial charge on any atom is -0.497 e. The lowest BCUT2D eigenvalue weighted by atomic mass is 9.83.